The fourth-order valence-electron chi connectivity index (χ4n) is 5.12. The number of carbonyl (C=O) groups is 4. The molecule has 1 aliphatic heterocycles. The lowest BCUT2D eigenvalue weighted by atomic mass is 10.0. The van der Waals surface area contributed by atoms with Crippen LogP contribution in [-0.4, -0.2) is 75.6 Å². The van der Waals surface area contributed by atoms with Crippen molar-refractivity contribution in [2.24, 2.45) is 0 Å². The van der Waals surface area contributed by atoms with Gasteiger partial charge in [-0.3, -0.25) is 19.2 Å². The Morgan fingerprint density at radius 1 is 0.875 bits per heavy atom. The Morgan fingerprint density at radius 2 is 1.40 bits per heavy atom. The number of ether oxygens (including phenoxy) is 1. The van der Waals surface area contributed by atoms with Crippen LogP contribution in [0.2, 0.25) is 10.0 Å². The van der Waals surface area contributed by atoms with Gasteiger partial charge in [0, 0.05) is 29.4 Å². The van der Waals surface area contributed by atoms with Gasteiger partial charge in [-0.1, -0.05) is 82.8 Å². The zero-order chi connectivity index (χ0) is 35.2. The topological polar surface area (TPSA) is 87.2 Å². The number of halogens is 7. The Bertz CT molecular complexity index is 1610. The molecule has 3 aromatic rings. The van der Waals surface area contributed by atoms with Crippen molar-refractivity contribution in [2.45, 2.75) is 49.0 Å². The first-order chi connectivity index (χ1) is 22.7. The summed E-state index contributed by atoms with van der Waals surface area (Å²) in [5.41, 5.74) is -1.22. The summed E-state index contributed by atoms with van der Waals surface area (Å²) in [6.07, 6.45) is -4.92. The average molecular weight is 747 g/mol. The number of rotatable bonds is 12. The van der Waals surface area contributed by atoms with Gasteiger partial charge in [0.05, 0.1) is 19.1 Å². The number of piperazine rings is 1. The molecule has 0 N–H and O–H groups in total. The number of nitrogens with zero attached hydrogens (tertiary/aromatic N) is 3. The zero-order valence-corrected chi connectivity index (χ0v) is 28.5. The third kappa shape index (κ3) is 9.78. The molecule has 1 aliphatic rings. The maximum atomic E-state index is 14.0. The summed E-state index contributed by atoms with van der Waals surface area (Å²) in [4.78, 5) is 57.2. The minimum absolute atomic E-state index is 0.102. The molecule has 1 fully saturated rings. The van der Waals surface area contributed by atoms with Crippen LogP contribution in [0.5, 0.6) is 0 Å². The molecular weight excluding hydrogens is 717 g/mol. The van der Waals surface area contributed by atoms with Crippen molar-refractivity contribution < 1.29 is 37.1 Å². The molecule has 0 saturated carbocycles. The van der Waals surface area contributed by atoms with Gasteiger partial charge in [-0.25, -0.2) is 0 Å². The van der Waals surface area contributed by atoms with Gasteiger partial charge >= 0.3 is 12.1 Å². The van der Waals surface area contributed by atoms with Gasteiger partial charge in [-0.05, 0) is 53.1 Å². The first-order valence-corrected chi connectivity index (χ1v) is 16.2. The maximum Gasteiger partial charge on any atom is 0.416 e. The average Bonchev–Trinajstić information content (AvgIpc) is 3.04. The summed E-state index contributed by atoms with van der Waals surface area (Å²) in [5, 5.41) is 0.982. The van der Waals surface area contributed by atoms with E-state index in [4.69, 9.17) is 51.1 Å². The standard InChI is InChI=1S/C33H30Cl4F3N3O5/c1-48-31(46)19-42(27(36)14-20-4-10-24(34)11-5-20)29(44)16-26-32(47)43(28(37)15-21-6-12-25(35)13-7-21)18-30(45)41(26)17-22-2-8-23(9-3-22)33(38,39)40/h2-13,26-28H,14-19H2,1H3. The number of hydrogen-bond acceptors (Lipinski definition) is 5. The molecule has 0 spiro atoms. The van der Waals surface area contributed by atoms with E-state index < -0.39 is 72.0 Å². The van der Waals surface area contributed by atoms with Crippen molar-refractivity contribution in [3.05, 3.63) is 105 Å². The SMILES string of the molecule is COC(=O)CN(C(=O)CC1C(=O)N(C(Cl)Cc2ccc(Cl)cc2)CC(=O)N1Cc1ccc(C(F)(F)F)cc1)C(Cl)Cc1ccc(Cl)cc1. The van der Waals surface area contributed by atoms with Crippen molar-refractivity contribution >= 4 is 70.1 Å². The Labute approximate surface area is 295 Å². The van der Waals surface area contributed by atoms with Crippen LogP contribution in [0.3, 0.4) is 0 Å². The van der Waals surface area contributed by atoms with Gasteiger partial charge in [0.2, 0.25) is 17.7 Å². The number of benzene rings is 3. The van der Waals surface area contributed by atoms with Gasteiger partial charge in [0.25, 0.3) is 0 Å². The molecule has 3 unspecified atom stereocenters. The second-order valence-electron chi connectivity index (χ2n) is 11.0. The first kappa shape index (κ1) is 37.3. The lowest BCUT2D eigenvalue weighted by Gasteiger charge is -2.42. The monoisotopic (exact) mass is 745 g/mol. The van der Waals surface area contributed by atoms with Crippen LogP contribution in [0.1, 0.15) is 28.7 Å². The van der Waals surface area contributed by atoms with E-state index in [2.05, 4.69) is 0 Å². The van der Waals surface area contributed by atoms with Crippen molar-refractivity contribution in [2.75, 3.05) is 20.2 Å². The molecule has 0 aromatic heterocycles. The van der Waals surface area contributed by atoms with Crippen LogP contribution in [0.25, 0.3) is 0 Å². The Balaban J connectivity index is 1.63. The van der Waals surface area contributed by atoms with E-state index in [0.717, 1.165) is 39.5 Å². The molecule has 0 radical (unpaired) electrons. The van der Waals surface area contributed by atoms with E-state index in [-0.39, 0.29) is 19.4 Å². The number of carbonyl (C=O) groups excluding carboxylic acids is 4. The summed E-state index contributed by atoms with van der Waals surface area (Å²) in [6.45, 7) is -1.26. The van der Waals surface area contributed by atoms with Crippen LogP contribution in [0.4, 0.5) is 13.2 Å². The molecular formula is C33H30Cl4F3N3O5. The summed E-state index contributed by atoms with van der Waals surface area (Å²) in [7, 11) is 1.14. The van der Waals surface area contributed by atoms with Crippen LogP contribution < -0.4 is 0 Å². The third-order valence-corrected chi connectivity index (χ3v) is 9.01. The van der Waals surface area contributed by atoms with E-state index in [1.165, 1.54) is 12.1 Å². The molecule has 48 heavy (non-hydrogen) atoms. The normalized spacial score (nSPS) is 16.5. The number of methoxy groups -OCH3 is 1. The third-order valence-electron chi connectivity index (χ3n) is 7.73. The summed E-state index contributed by atoms with van der Waals surface area (Å²) < 4.78 is 44.3. The van der Waals surface area contributed by atoms with Gasteiger partial charge < -0.3 is 19.4 Å². The highest BCUT2D eigenvalue weighted by Crippen LogP contribution is 2.30. The number of amides is 3. The molecule has 3 aromatic carbocycles. The number of alkyl halides is 5. The van der Waals surface area contributed by atoms with Crippen molar-refractivity contribution in [3.8, 4) is 0 Å². The Hall–Kier alpha value is -3.51. The highest BCUT2D eigenvalue weighted by Gasteiger charge is 2.44. The van der Waals surface area contributed by atoms with E-state index in [0.29, 0.717) is 21.2 Å². The molecule has 1 saturated heterocycles. The largest absolute Gasteiger partial charge is 0.468 e. The van der Waals surface area contributed by atoms with Crippen LogP contribution in [-0.2, 0) is 49.5 Å². The summed E-state index contributed by atoms with van der Waals surface area (Å²) in [6, 6.07) is 16.1. The predicted octanol–water partition coefficient (Wildman–Crippen LogP) is 6.56. The second kappa shape index (κ2) is 16.3. The lowest BCUT2D eigenvalue weighted by molar-refractivity contribution is -0.160. The fourth-order valence-corrected chi connectivity index (χ4v) is 6.07. The van der Waals surface area contributed by atoms with Gasteiger partial charge in [-0.2, -0.15) is 13.2 Å². The van der Waals surface area contributed by atoms with Crippen molar-refractivity contribution in [1.29, 1.82) is 0 Å². The smallest absolute Gasteiger partial charge is 0.416 e. The second-order valence-corrected chi connectivity index (χ2v) is 12.9. The van der Waals surface area contributed by atoms with Crippen molar-refractivity contribution in [3.63, 3.8) is 0 Å². The summed E-state index contributed by atoms with van der Waals surface area (Å²) in [5.74, 6) is -2.77. The Kier molecular flexibility index (Phi) is 12.6. The zero-order valence-electron chi connectivity index (χ0n) is 25.4. The maximum absolute atomic E-state index is 14.0. The van der Waals surface area contributed by atoms with E-state index in [1.54, 1.807) is 48.5 Å². The molecule has 256 valence electrons. The van der Waals surface area contributed by atoms with Crippen LogP contribution >= 0.6 is 46.4 Å². The fraction of sp³-hybridized carbons (Fsp3) is 0.333. The molecule has 8 nitrogen and oxygen atoms in total. The van der Waals surface area contributed by atoms with Crippen molar-refractivity contribution in [1.82, 2.24) is 14.7 Å². The van der Waals surface area contributed by atoms with Gasteiger partial charge in [0.15, 0.2) is 0 Å². The molecule has 3 amide bonds. The highest BCUT2D eigenvalue weighted by atomic mass is 35.5. The molecule has 0 aliphatic carbocycles. The summed E-state index contributed by atoms with van der Waals surface area (Å²) >= 11 is 25.3. The van der Waals surface area contributed by atoms with E-state index >= 15 is 0 Å². The van der Waals surface area contributed by atoms with E-state index in [9.17, 15) is 32.3 Å². The van der Waals surface area contributed by atoms with E-state index in [1.807, 2.05) is 0 Å². The minimum atomic E-state index is -4.57. The molecule has 1 heterocycles. The number of esters is 1. The van der Waals surface area contributed by atoms with Gasteiger partial charge in [-0.15, -0.1) is 0 Å². The van der Waals surface area contributed by atoms with Gasteiger partial charge in [0.1, 0.15) is 30.1 Å². The molecule has 15 heteroatoms. The molecule has 4 rings (SSSR count). The number of hydrogen-bond donors (Lipinski definition) is 0. The quantitative estimate of drug-likeness (QED) is 0.119. The lowest BCUT2D eigenvalue weighted by Crippen LogP contribution is -2.62. The molecule has 0 bridgehead atoms. The van der Waals surface area contributed by atoms with Crippen LogP contribution in [0, 0.1) is 0 Å². The molecule has 3 atom stereocenters. The minimum Gasteiger partial charge on any atom is -0.468 e. The highest BCUT2D eigenvalue weighted by molar-refractivity contribution is 6.30. The first-order valence-electron chi connectivity index (χ1n) is 14.6. The predicted molar refractivity (Wildman–Crippen MR) is 175 cm³/mol. The van der Waals surface area contributed by atoms with Crippen LogP contribution in [0.15, 0.2) is 72.8 Å². The Morgan fingerprint density at radius 3 is 1.92 bits per heavy atom.